The van der Waals surface area contributed by atoms with Crippen molar-refractivity contribution in [1.82, 2.24) is 25.5 Å². The highest BCUT2D eigenvalue weighted by Crippen LogP contribution is 2.36. The third kappa shape index (κ3) is 3.61. The van der Waals surface area contributed by atoms with Crippen LogP contribution in [0.15, 0.2) is 60.7 Å². The average molecular weight is 407 g/mol. The van der Waals surface area contributed by atoms with Gasteiger partial charge in [-0.25, -0.2) is 0 Å². The number of carbonyl (C=O) groups excluding carboxylic acids is 1. The van der Waals surface area contributed by atoms with E-state index in [1.54, 1.807) is 4.68 Å². The van der Waals surface area contributed by atoms with Gasteiger partial charge in [0.1, 0.15) is 12.6 Å². The maximum atomic E-state index is 12.6. The number of nitrogens with one attached hydrogen (secondary N) is 1. The van der Waals surface area contributed by atoms with Crippen molar-refractivity contribution in [2.24, 2.45) is 0 Å². The van der Waals surface area contributed by atoms with Gasteiger partial charge in [-0.05, 0) is 52.6 Å². The molecule has 1 saturated carbocycles. The number of hydrogen-bond donors (Lipinski definition) is 1. The lowest BCUT2D eigenvalue weighted by Gasteiger charge is -2.32. The largest absolute Gasteiger partial charge is 0.352 e. The molecule has 0 unspecified atom stereocenters. The van der Waals surface area contributed by atoms with Gasteiger partial charge in [0, 0.05) is 11.1 Å². The van der Waals surface area contributed by atoms with Gasteiger partial charge >= 0.3 is 0 Å². The van der Waals surface area contributed by atoms with E-state index in [0.29, 0.717) is 17.0 Å². The van der Waals surface area contributed by atoms with E-state index >= 15 is 0 Å². The van der Waals surface area contributed by atoms with E-state index in [1.807, 2.05) is 59.5 Å². The number of tetrazole rings is 1. The summed E-state index contributed by atoms with van der Waals surface area (Å²) in [6, 6.07) is 17.7. The van der Waals surface area contributed by atoms with Gasteiger partial charge in [-0.3, -0.25) is 9.69 Å². The lowest BCUT2D eigenvalue weighted by molar-refractivity contribution is -0.119. The molecular weight excluding hydrogens is 388 g/mol. The van der Waals surface area contributed by atoms with Crippen molar-refractivity contribution < 1.29 is 4.79 Å². The van der Waals surface area contributed by atoms with Crippen LogP contribution in [0.1, 0.15) is 30.0 Å². The highest BCUT2D eigenvalue weighted by atomic mass is 35.5. The topological polar surface area (TPSA) is 75.9 Å². The summed E-state index contributed by atoms with van der Waals surface area (Å²) in [5, 5.41) is 16.0. The van der Waals surface area contributed by atoms with Crippen LogP contribution >= 0.6 is 11.6 Å². The first-order valence-corrected chi connectivity index (χ1v) is 9.94. The summed E-state index contributed by atoms with van der Waals surface area (Å²) in [5.74, 6) is 0.498. The lowest BCUT2D eigenvalue weighted by atomic mass is 10.0. The molecule has 2 heterocycles. The second-order valence-electron chi connectivity index (χ2n) is 7.27. The summed E-state index contributed by atoms with van der Waals surface area (Å²) < 4.78 is 1.75. The molecule has 1 aliphatic carbocycles. The van der Waals surface area contributed by atoms with Gasteiger partial charge in [0.15, 0.2) is 0 Å². The van der Waals surface area contributed by atoms with Crippen molar-refractivity contribution >= 4 is 29.2 Å². The fourth-order valence-corrected chi connectivity index (χ4v) is 3.65. The van der Waals surface area contributed by atoms with Crippen molar-refractivity contribution in [1.29, 1.82) is 0 Å². The third-order valence-electron chi connectivity index (χ3n) is 5.11. The van der Waals surface area contributed by atoms with Crippen LogP contribution < -0.4 is 10.2 Å². The maximum Gasteiger partial charge on any atom is 0.251 e. The minimum atomic E-state index is -0.172. The summed E-state index contributed by atoms with van der Waals surface area (Å²) in [6.07, 6.45) is 4.17. The monoisotopic (exact) mass is 406 g/mol. The normalized spacial score (nSPS) is 18.2. The molecule has 29 heavy (non-hydrogen) atoms. The number of carbonyl (C=O) groups is 1. The minimum Gasteiger partial charge on any atom is -0.352 e. The number of rotatable bonds is 5. The van der Waals surface area contributed by atoms with E-state index in [1.165, 1.54) is 0 Å². The zero-order chi connectivity index (χ0) is 19.8. The summed E-state index contributed by atoms with van der Waals surface area (Å²) >= 11 is 6.09. The summed E-state index contributed by atoms with van der Waals surface area (Å²) in [4.78, 5) is 14.5. The minimum absolute atomic E-state index is 0.0416. The molecule has 8 heteroatoms. The number of allylic oxidation sites excluding steroid dienone is 1. The molecule has 1 atom stereocenters. The van der Waals surface area contributed by atoms with Gasteiger partial charge in [-0.15, -0.1) is 0 Å². The number of benzene rings is 2. The zero-order valence-electron chi connectivity index (χ0n) is 15.6. The average Bonchev–Trinajstić information content (AvgIpc) is 3.41. The van der Waals surface area contributed by atoms with Crippen molar-refractivity contribution in [3.63, 3.8) is 0 Å². The van der Waals surface area contributed by atoms with E-state index in [0.717, 1.165) is 29.7 Å². The summed E-state index contributed by atoms with van der Waals surface area (Å²) in [7, 11) is 0. The first-order valence-electron chi connectivity index (χ1n) is 9.56. The van der Waals surface area contributed by atoms with Crippen LogP contribution in [0.3, 0.4) is 0 Å². The molecule has 1 fully saturated rings. The highest BCUT2D eigenvalue weighted by Gasteiger charge is 2.33. The van der Waals surface area contributed by atoms with Crippen LogP contribution in [-0.2, 0) is 4.79 Å². The smallest absolute Gasteiger partial charge is 0.251 e. The van der Waals surface area contributed by atoms with Gasteiger partial charge in [0.25, 0.3) is 5.95 Å². The predicted octanol–water partition coefficient (Wildman–Crippen LogP) is 3.06. The summed E-state index contributed by atoms with van der Waals surface area (Å²) in [6.45, 7) is 0.146. The van der Waals surface area contributed by atoms with E-state index in [-0.39, 0.29) is 18.5 Å². The number of aromatic nitrogens is 4. The molecule has 5 rings (SSSR count). The predicted molar refractivity (Wildman–Crippen MR) is 110 cm³/mol. The fraction of sp³-hybridized carbons (Fsp3) is 0.238. The first kappa shape index (κ1) is 17.9. The van der Waals surface area contributed by atoms with Crippen molar-refractivity contribution in [3.8, 4) is 0 Å². The van der Waals surface area contributed by atoms with Crippen LogP contribution in [0.5, 0.6) is 0 Å². The lowest BCUT2D eigenvalue weighted by Crippen LogP contribution is -2.40. The van der Waals surface area contributed by atoms with Gasteiger partial charge in [-0.1, -0.05) is 59.2 Å². The van der Waals surface area contributed by atoms with Gasteiger partial charge in [0.2, 0.25) is 5.91 Å². The molecule has 2 aliphatic rings. The van der Waals surface area contributed by atoms with Crippen molar-refractivity contribution in [2.45, 2.75) is 24.9 Å². The Morgan fingerprint density at radius 3 is 2.59 bits per heavy atom. The van der Waals surface area contributed by atoms with E-state index in [4.69, 9.17) is 11.6 Å². The zero-order valence-corrected chi connectivity index (χ0v) is 16.3. The standard InChI is InChI=1S/C21H19ClN6O/c22-16-8-6-15(7-9-16)18-12-19(14-4-2-1-3-5-14)28-21(24-25-26-28)27(18)13-20(29)23-17-10-11-17/h1-9,12,17,19H,10-11,13H2,(H,23,29)/t19-/m1/s1. The second kappa shape index (κ2) is 7.33. The molecule has 1 N–H and O–H groups in total. The Balaban J connectivity index is 1.58. The molecule has 2 aromatic carbocycles. The van der Waals surface area contributed by atoms with Crippen LogP contribution in [-0.4, -0.2) is 38.7 Å². The van der Waals surface area contributed by atoms with E-state index in [9.17, 15) is 4.79 Å². The summed E-state index contributed by atoms with van der Waals surface area (Å²) in [5.41, 5.74) is 2.89. The number of nitrogens with zero attached hydrogens (tertiary/aromatic N) is 5. The highest BCUT2D eigenvalue weighted by molar-refractivity contribution is 6.30. The first-order chi connectivity index (χ1) is 14.2. The molecule has 3 aromatic rings. The van der Waals surface area contributed by atoms with Gasteiger partial charge < -0.3 is 5.32 Å². The molecular formula is C21H19ClN6O. The Hall–Kier alpha value is -3.19. The Bertz CT molecular complexity index is 1060. The van der Waals surface area contributed by atoms with Crippen LogP contribution in [0.4, 0.5) is 5.95 Å². The number of halogens is 1. The van der Waals surface area contributed by atoms with E-state index < -0.39 is 0 Å². The quantitative estimate of drug-likeness (QED) is 0.704. The Labute approximate surface area is 173 Å². The fourth-order valence-electron chi connectivity index (χ4n) is 3.53. The van der Waals surface area contributed by atoms with E-state index in [2.05, 4.69) is 26.9 Å². The van der Waals surface area contributed by atoms with Crippen LogP contribution in [0.2, 0.25) is 5.02 Å². The Kier molecular flexibility index (Phi) is 4.52. The molecule has 0 spiro atoms. The molecule has 1 aliphatic heterocycles. The number of anilines is 1. The number of amides is 1. The van der Waals surface area contributed by atoms with Crippen molar-refractivity contribution in [2.75, 3.05) is 11.4 Å². The maximum absolute atomic E-state index is 12.6. The second-order valence-corrected chi connectivity index (χ2v) is 7.70. The molecule has 7 nitrogen and oxygen atoms in total. The third-order valence-corrected chi connectivity index (χ3v) is 5.36. The number of fused-ring (bicyclic) bond motifs is 1. The van der Waals surface area contributed by atoms with Crippen molar-refractivity contribution in [3.05, 3.63) is 76.8 Å². The Morgan fingerprint density at radius 1 is 1.10 bits per heavy atom. The van der Waals surface area contributed by atoms with Crippen LogP contribution in [0.25, 0.3) is 5.70 Å². The molecule has 1 amide bonds. The molecule has 0 bridgehead atoms. The molecule has 146 valence electrons. The molecule has 1 aromatic heterocycles. The van der Waals surface area contributed by atoms with Gasteiger partial charge in [0.05, 0.1) is 5.70 Å². The molecule has 0 radical (unpaired) electrons. The molecule has 0 saturated heterocycles. The van der Waals surface area contributed by atoms with Gasteiger partial charge in [-0.2, -0.15) is 4.68 Å². The Morgan fingerprint density at radius 2 is 1.86 bits per heavy atom. The number of hydrogen-bond acceptors (Lipinski definition) is 5. The van der Waals surface area contributed by atoms with Crippen LogP contribution in [0, 0.1) is 0 Å². The SMILES string of the molecule is O=C(CN1C(c2ccc(Cl)cc2)=C[C@H](c2ccccc2)n2nnnc21)NC1CC1.